The van der Waals surface area contributed by atoms with Crippen molar-refractivity contribution in [1.82, 2.24) is 0 Å². The number of nitrogens with zero attached hydrogens (tertiary/aromatic N) is 1. The van der Waals surface area contributed by atoms with Crippen molar-refractivity contribution in [3.05, 3.63) is 34.5 Å². The maximum absolute atomic E-state index is 11.3. The second-order valence-electron chi connectivity index (χ2n) is 2.60. The van der Waals surface area contributed by atoms with E-state index in [-0.39, 0.29) is 4.90 Å². The lowest BCUT2D eigenvalue weighted by Gasteiger charge is -2.17. The van der Waals surface area contributed by atoms with Gasteiger partial charge in [-0.25, -0.2) is 16.8 Å². The van der Waals surface area contributed by atoms with Crippen molar-refractivity contribution >= 4 is 20.0 Å². The van der Waals surface area contributed by atoms with Gasteiger partial charge in [0, 0.05) is 11.2 Å². The van der Waals surface area contributed by atoms with Gasteiger partial charge in [0.2, 0.25) is 0 Å². The lowest BCUT2D eigenvalue weighted by molar-refractivity contribution is 0.598. The molecule has 78 valence electrons. The van der Waals surface area contributed by atoms with Crippen molar-refractivity contribution in [2.45, 2.75) is 4.90 Å². The highest BCUT2D eigenvalue weighted by Gasteiger charge is 2.06. The average Bonchev–Trinajstić information content (AvgIpc) is 2.01. The Balaban J connectivity index is 3.12. The highest BCUT2D eigenvalue weighted by atomic mass is 32.3. The van der Waals surface area contributed by atoms with Crippen LogP contribution >= 0.6 is 0 Å². The highest BCUT2D eigenvalue weighted by Crippen LogP contribution is 2.18. The Labute approximate surface area is 82.9 Å². The van der Waals surface area contributed by atoms with Crippen LogP contribution in [0.4, 0.5) is 0 Å². The van der Waals surface area contributed by atoms with Gasteiger partial charge in [-0.05, 0) is 12.1 Å². The Morgan fingerprint density at radius 2 is 1.50 bits per heavy atom. The molecule has 1 aromatic rings. The van der Waals surface area contributed by atoms with Crippen molar-refractivity contribution in [3.63, 3.8) is 0 Å². The third-order valence-electron chi connectivity index (χ3n) is 1.27. The second kappa shape index (κ2) is 3.68. The molecule has 0 heterocycles. The molecular formula is C7H8NO4S2-. The summed E-state index contributed by atoms with van der Waals surface area (Å²) in [7, 11) is -7.97. The van der Waals surface area contributed by atoms with Crippen molar-refractivity contribution in [2.24, 2.45) is 0 Å². The predicted octanol–water partition coefficient (Wildman–Crippen LogP) is 0.709. The fourth-order valence-electron chi connectivity index (χ4n) is 0.814. The fourth-order valence-corrected chi connectivity index (χ4v) is 3.09. The molecule has 1 aromatic carbocycles. The maximum Gasteiger partial charge on any atom is 0.112 e. The summed E-state index contributed by atoms with van der Waals surface area (Å²) in [5.74, 6) is 0. The van der Waals surface area contributed by atoms with Gasteiger partial charge in [-0.3, -0.25) is 0 Å². The minimum atomic E-state index is -4.08. The standard InChI is InChI=1S/C7H8NO4S2/c1-13(9,10)8-14(11,12)7-5-3-2-4-6-7/h2-6H,1H3/q-1. The van der Waals surface area contributed by atoms with Gasteiger partial charge in [0.05, 0.1) is 10.0 Å². The van der Waals surface area contributed by atoms with Crippen LogP contribution in [0.3, 0.4) is 0 Å². The molecule has 1 rings (SSSR count). The molecule has 0 amide bonds. The molecule has 0 aliphatic heterocycles. The summed E-state index contributed by atoms with van der Waals surface area (Å²) in [6.07, 6.45) is 0.730. The Bertz CT molecular complexity index is 504. The molecule has 0 saturated heterocycles. The van der Waals surface area contributed by atoms with Gasteiger partial charge in [0.15, 0.2) is 0 Å². The van der Waals surface area contributed by atoms with Crippen LogP contribution < -0.4 is 0 Å². The minimum absolute atomic E-state index is 0.134. The van der Waals surface area contributed by atoms with E-state index in [1.54, 1.807) is 6.07 Å². The number of benzene rings is 1. The minimum Gasteiger partial charge on any atom is -0.432 e. The van der Waals surface area contributed by atoms with Crippen LogP contribution in [0.5, 0.6) is 0 Å². The lowest BCUT2D eigenvalue weighted by Crippen LogP contribution is -2.05. The van der Waals surface area contributed by atoms with Crippen LogP contribution in [-0.2, 0) is 20.0 Å². The Hall–Kier alpha value is -0.920. The van der Waals surface area contributed by atoms with E-state index < -0.39 is 20.0 Å². The van der Waals surface area contributed by atoms with Gasteiger partial charge in [0.25, 0.3) is 0 Å². The summed E-state index contributed by atoms with van der Waals surface area (Å²) in [5.41, 5.74) is 0. The van der Waals surface area contributed by atoms with E-state index in [0.29, 0.717) is 0 Å². The Kier molecular flexibility index (Phi) is 2.93. The van der Waals surface area contributed by atoms with E-state index in [2.05, 4.69) is 4.13 Å². The molecule has 0 fully saturated rings. The molecule has 7 heteroatoms. The molecule has 0 aromatic heterocycles. The zero-order valence-electron chi connectivity index (χ0n) is 7.28. The summed E-state index contributed by atoms with van der Waals surface area (Å²) >= 11 is 0. The molecule has 0 radical (unpaired) electrons. The first-order chi connectivity index (χ1) is 6.31. The molecule has 0 atom stereocenters. The first-order valence-electron chi connectivity index (χ1n) is 3.55. The molecule has 0 spiro atoms. The van der Waals surface area contributed by atoms with Crippen molar-refractivity contribution < 1.29 is 16.8 Å². The second-order valence-corrected chi connectivity index (χ2v) is 6.08. The van der Waals surface area contributed by atoms with Gasteiger partial charge >= 0.3 is 0 Å². The van der Waals surface area contributed by atoms with Crippen molar-refractivity contribution in [3.8, 4) is 0 Å². The van der Waals surface area contributed by atoms with Crippen LogP contribution in [0.25, 0.3) is 4.13 Å². The lowest BCUT2D eigenvalue weighted by atomic mass is 10.4. The molecule has 0 bridgehead atoms. The summed E-state index contributed by atoms with van der Waals surface area (Å²) in [6.45, 7) is 0. The first kappa shape index (κ1) is 11.2. The summed E-state index contributed by atoms with van der Waals surface area (Å²) in [5, 5.41) is 0. The van der Waals surface area contributed by atoms with Gasteiger partial charge in [-0.15, -0.1) is 0 Å². The van der Waals surface area contributed by atoms with Gasteiger partial charge in [0.1, 0.15) is 10.0 Å². The number of rotatable bonds is 3. The van der Waals surface area contributed by atoms with Crippen LogP contribution in [0.1, 0.15) is 0 Å². The van der Waals surface area contributed by atoms with Crippen LogP contribution in [0.15, 0.2) is 35.2 Å². The van der Waals surface area contributed by atoms with E-state index in [1.165, 1.54) is 24.3 Å². The van der Waals surface area contributed by atoms with Crippen LogP contribution in [0, 0.1) is 0 Å². The van der Waals surface area contributed by atoms with Gasteiger partial charge in [-0.1, -0.05) is 18.2 Å². The van der Waals surface area contributed by atoms with Crippen molar-refractivity contribution in [1.29, 1.82) is 0 Å². The highest BCUT2D eigenvalue weighted by molar-refractivity contribution is 8.11. The first-order valence-corrected chi connectivity index (χ1v) is 6.84. The monoisotopic (exact) mass is 234 g/mol. The Morgan fingerprint density at radius 1 is 1.00 bits per heavy atom. The number of sulfonamides is 2. The van der Waals surface area contributed by atoms with E-state index in [9.17, 15) is 16.8 Å². The van der Waals surface area contributed by atoms with E-state index in [0.717, 1.165) is 6.26 Å². The quantitative estimate of drug-likeness (QED) is 0.771. The predicted molar refractivity (Wildman–Crippen MR) is 51.8 cm³/mol. The molecular weight excluding hydrogens is 226 g/mol. The Morgan fingerprint density at radius 3 is 1.93 bits per heavy atom. The maximum atomic E-state index is 11.3. The van der Waals surface area contributed by atoms with Crippen LogP contribution in [-0.4, -0.2) is 23.1 Å². The molecule has 0 saturated carbocycles. The molecule has 0 N–H and O–H groups in total. The van der Waals surface area contributed by atoms with Gasteiger partial charge in [-0.2, -0.15) is 0 Å². The zero-order chi connectivity index (χ0) is 10.8. The third-order valence-corrected chi connectivity index (χ3v) is 4.01. The van der Waals surface area contributed by atoms with E-state index in [4.69, 9.17) is 0 Å². The summed E-state index contributed by atoms with van der Waals surface area (Å²) in [4.78, 5) is -0.134. The summed E-state index contributed by atoms with van der Waals surface area (Å²) in [6, 6.07) is 7.17. The van der Waals surface area contributed by atoms with Crippen molar-refractivity contribution in [2.75, 3.05) is 6.26 Å². The molecule has 0 aliphatic carbocycles. The fraction of sp³-hybridized carbons (Fsp3) is 0.143. The molecule has 14 heavy (non-hydrogen) atoms. The van der Waals surface area contributed by atoms with E-state index >= 15 is 0 Å². The number of hydrogen-bond acceptors (Lipinski definition) is 4. The smallest absolute Gasteiger partial charge is 0.112 e. The average molecular weight is 234 g/mol. The van der Waals surface area contributed by atoms with E-state index in [1.807, 2.05) is 0 Å². The topological polar surface area (TPSA) is 82.4 Å². The SMILES string of the molecule is CS(=O)(=O)[N-]S(=O)(=O)c1ccccc1. The normalized spacial score (nSPS) is 12.6. The molecule has 5 nitrogen and oxygen atoms in total. The molecule has 0 unspecified atom stereocenters. The van der Waals surface area contributed by atoms with Crippen LogP contribution in [0.2, 0.25) is 0 Å². The largest absolute Gasteiger partial charge is 0.432 e. The van der Waals surface area contributed by atoms with Gasteiger partial charge < -0.3 is 4.13 Å². The number of hydrogen-bond donors (Lipinski definition) is 0. The molecule has 0 aliphatic rings. The third kappa shape index (κ3) is 3.09. The summed E-state index contributed by atoms with van der Waals surface area (Å²) < 4.78 is 46.7. The zero-order valence-corrected chi connectivity index (χ0v) is 8.92.